The fourth-order valence-corrected chi connectivity index (χ4v) is 1.68. The van der Waals surface area contributed by atoms with E-state index in [1.807, 2.05) is 24.3 Å². The molecule has 0 fully saturated rings. The Morgan fingerprint density at radius 1 is 1.39 bits per heavy atom. The van der Waals surface area contributed by atoms with E-state index < -0.39 is 0 Å². The van der Waals surface area contributed by atoms with Gasteiger partial charge in [-0.2, -0.15) is 0 Å². The van der Waals surface area contributed by atoms with Crippen molar-refractivity contribution >= 4 is 5.78 Å². The molecule has 0 radical (unpaired) electrons. The molecule has 1 aromatic carbocycles. The lowest BCUT2D eigenvalue weighted by Crippen LogP contribution is -2.03. The van der Waals surface area contributed by atoms with Crippen molar-refractivity contribution in [2.75, 3.05) is 13.2 Å². The van der Waals surface area contributed by atoms with Gasteiger partial charge in [-0.25, -0.2) is 0 Å². The molecule has 0 saturated carbocycles. The van der Waals surface area contributed by atoms with Crippen LogP contribution in [0.5, 0.6) is 0 Å². The highest BCUT2D eigenvalue weighted by Crippen LogP contribution is 2.09. The number of ketones is 1. The number of carbonyl (C=O) groups excluding carboxylic acids is 1. The maximum absolute atomic E-state index is 11.9. The van der Waals surface area contributed by atoms with Gasteiger partial charge in [-0.15, -0.1) is 12.3 Å². The first-order valence-electron chi connectivity index (χ1n) is 6.41. The zero-order valence-electron chi connectivity index (χ0n) is 10.9. The molecule has 0 saturated heterocycles. The van der Waals surface area contributed by atoms with Crippen molar-refractivity contribution in [1.29, 1.82) is 0 Å². The van der Waals surface area contributed by atoms with Crippen LogP contribution in [0, 0.1) is 12.3 Å². The van der Waals surface area contributed by atoms with Crippen LogP contribution in [0.25, 0.3) is 0 Å². The smallest absolute Gasteiger partial charge is 0.162 e. The van der Waals surface area contributed by atoms with Crippen LogP contribution in [-0.2, 0) is 11.2 Å². The topological polar surface area (TPSA) is 26.3 Å². The van der Waals surface area contributed by atoms with E-state index in [4.69, 9.17) is 11.2 Å². The van der Waals surface area contributed by atoms with Crippen LogP contribution in [0.4, 0.5) is 0 Å². The van der Waals surface area contributed by atoms with Gasteiger partial charge in [0.1, 0.15) is 0 Å². The van der Waals surface area contributed by atoms with Crippen molar-refractivity contribution in [3.05, 3.63) is 35.4 Å². The number of aryl methyl sites for hydroxylation is 1. The van der Waals surface area contributed by atoms with Crippen molar-refractivity contribution in [1.82, 2.24) is 0 Å². The molecule has 18 heavy (non-hydrogen) atoms. The Morgan fingerprint density at radius 3 is 2.94 bits per heavy atom. The van der Waals surface area contributed by atoms with E-state index in [1.165, 1.54) is 5.56 Å². The Bertz CT molecular complexity index is 415. The van der Waals surface area contributed by atoms with Crippen molar-refractivity contribution in [2.45, 2.75) is 32.6 Å². The Labute approximate surface area is 109 Å². The van der Waals surface area contributed by atoms with Crippen LogP contribution in [0.1, 0.15) is 42.1 Å². The van der Waals surface area contributed by atoms with E-state index in [2.05, 4.69) is 12.8 Å². The number of hydrogen-bond acceptors (Lipinski definition) is 2. The molecule has 0 amide bonds. The minimum atomic E-state index is 0.186. The van der Waals surface area contributed by atoms with E-state index in [-0.39, 0.29) is 5.78 Å². The third-order valence-corrected chi connectivity index (χ3v) is 2.74. The summed E-state index contributed by atoms with van der Waals surface area (Å²) in [6.45, 7) is 3.26. The summed E-state index contributed by atoms with van der Waals surface area (Å²) in [6, 6.07) is 7.83. The number of carbonyl (C=O) groups is 1. The van der Waals surface area contributed by atoms with Crippen LogP contribution in [0.15, 0.2) is 24.3 Å². The number of ether oxygens (including phenoxy) is 1. The lowest BCUT2D eigenvalue weighted by Gasteiger charge is -2.04. The summed E-state index contributed by atoms with van der Waals surface area (Å²) in [4.78, 5) is 11.9. The van der Waals surface area contributed by atoms with Crippen LogP contribution in [-0.4, -0.2) is 19.0 Å². The predicted molar refractivity (Wildman–Crippen MR) is 73.7 cm³/mol. The molecule has 0 aliphatic heterocycles. The standard InChI is InChI=1S/C16H20O2/c1-3-5-11-18-12-7-10-16(17)15-9-6-8-14(4-2)13-15/h1,6,8-9,13H,4-5,7,10-12H2,2H3. The van der Waals surface area contributed by atoms with Gasteiger partial charge in [0.2, 0.25) is 0 Å². The Hall–Kier alpha value is -1.59. The number of hydrogen-bond donors (Lipinski definition) is 0. The lowest BCUT2D eigenvalue weighted by atomic mass is 10.0. The Morgan fingerprint density at radius 2 is 2.22 bits per heavy atom. The summed E-state index contributed by atoms with van der Waals surface area (Å²) in [5.74, 6) is 2.70. The molecular formula is C16H20O2. The highest BCUT2D eigenvalue weighted by molar-refractivity contribution is 5.96. The van der Waals surface area contributed by atoms with Gasteiger partial charge < -0.3 is 4.74 Å². The van der Waals surface area contributed by atoms with E-state index in [1.54, 1.807) is 0 Å². The van der Waals surface area contributed by atoms with Gasteiger partial charge in [-0.3, -0.25) is 4.79 Å². The van der Waals surface area contributed by atoms with E-state index >= 15 is 0 Å². The molecule has 0 unspecified atom stereocenters. The lowest BCUT2D eigenvalue weighted by molar-refractivity contribution is 0.0942. The van der Waals surface area contributed by atoms with Gasteiger partial charge in [-0.1, -0.05) is 25.1 Å². The first-order valence-corrected chi connectivity index (χ1v) is 6.41. The van der Waals surface area contributed by atoms with Crippen LogP contribution in [0.2, 0.25) is 0 Å². The monoisotopic (exact) mass is 244 g/mol. The van der Waals surface area contributed by atoms with Gasteiger partial charge >= 0.3 is 0 Å². The van der Waals surface area contributed by atoms with Crippen molar-refractivity contribution in [3.63, 3.8) is 0 Å². The van der Waals surface area contributed by atoms with Crippen LogP contribution < -0.4 is 0 Å². The molecule has 0 bridgehead atoms. The van der Waals surface area contributed by atoms with Gasteiger partial charge in [0.05, 0.1) is 6.61 Å². The maximum Gasteiger partial charge on any atom is 0.162 e. The minimum absolute atomic E-state index is 0.186. The molecule has 96 valence electrons. The molecule has 0 heterocycles. The average molecular weight is 244 g/mol. The van der Waals surface area contributed by atoms with Crippen molar-refractivity contribution < 1.29 is 9.53 Å². The Balaban J connectivity index is 2.30. The molecule has 1 aromatic rings. The number of terminal acetylenes is 1. The third kappa shape index (κ3) is 5.16. The summed E-state index contributed by atoms with van der Waals surface area (Å²) in [6.07, 6.45) is 7.98. The van der Waals surface area contributed by atoms with Crippen molar-refractivity contribution in [3.8, 4) is 12.3 Å². The summed E-state index contributed by atoms with van der Waals surface area (Å²) < 4.78 is 5.31. The van der Waals surface area contributed by atoms with E-state index in [9.17, 15) is 4.79 Å². The molecule has 0 N–H and O–H groups in total. The number of rotatable bonds is 8. The molecule has 0 spiro atoms. The number of benzene rings is 1. The Kier molecular flexibility index (Phi) is 6.83. The van der Waals surface area contributed by atoms with Crippen molar-refractivity contribution in [2.24, 2.45) is 0 Å². The molecular weight excluding hydrogens is 224 g/mol. The summed E-state index contributed by atoms with van der Waals surface area (Å²) in [5.41, 5.74) is 2.00. The largest absolute Gasteiger partial charge is 0.380 e. The SMILES string of the molecule is C#CCCOCCCC(=O)c1cccc(CC)c1. The second-order valence-electron chi connectivity index (χ2n) is 4.15. The summed E-state index contributed by atoms with van der Waals surface area (Å²) in [7, 11) is 0. The van der Waals surface area contributed by atoms with Gasteiger partial charge in [0.15, 0.2) is 5.78 Å². The minimum Gasteiger partial charge on any atom is -0.380 e. The fourth-order valence-electron chi connectivity index (χ4n) is 1.68. The fraction of sp³-hybridized carbons (Fsp3) is 0.438. The molecule has 0 aliphatic carbocycles. The summed E-state index contributed by atoms with van der Waals surface area (Å²) in [5, 5.41) is 0. The second-order valence-corrected chi connectivity index (χ2v) is 4.15. The maximum atomic E-state index is 11.9. The highest BCUT2D eigenvalue weighted by Gasteiger charge is 2.05. The van der Waals surface area contributed by atoms with E-state index in [0.29, 0.717) is 26.1 Å². The zero-order valence-corrected chi connectivity index (χ0v) is 10.9. The van der Waals surface area contributed by atoms with Gasteiger partial charge in [-0.05, 0) is 24.5 Å². The molecule has 0 aromatic heterocycles. The first-order chi connectivity index (χ1) is 8.77. The molecule has 2 heteroatoms. The van der Waals surface area contributed by atoms with Crippen LogP contribution >= 0.6 is 0 Å². The predicted octanol–water partition coefficient (Wildman–Crippen LogP) is 3.25. The second kappa shape index (κ2) is 8.49. The van der Waals surface area contributed by atoms with E-state index in [0.717, 1.165) is 18.4 Å². The zero-order chi connectivity index (χ0) is 13.2. The van der Waals surface area contributed by atoms with Gasteiger partial charge in [0.25, 0.3) is 0 Å². The highest BCUT2D eigenvalue weighted by atomic mass is 16.5. The molecule has 2 nitrogen and oxygen atoms in total. The summed E-state index contributed by atoms with van der Waals surface area (Å²) >= 11 is 0. The molecule has 0 atom stereocenters. The average Bonchev–Trinajstić information content (AvgIpc) is 2.42. The molecule has 1 rings (SSSR count). The normalized spacial score (nSPS) is 10.0. The first kappa shape index (κ1) is 14.5. The number of Topliss-reactive ketones (excluding diaryl/α,β-unsaturated/α-hetero) is 1. The van der Waals surface area contributed by atoms with Crippen LogP contribution in [0.3, 0.4) is 0 Å². The molecule has 0 aliphatic rings. The third-order valence-electron chi connectivity index (χ3n) is 2.74. The van der Waals surface area contributed by atoms with Gasteiger partial charge in [0, 0.05) is 25.0 Å². The quantitative estimate of drug-likeness (QED) is 0.398.